The molecule has 0 spiro atoms. The summed E-state index contributed by atoms with van der Waals surface area (Å²) in [6.07, 6.45) is 0. The molecule has 3 rings (SSSR count). The zero-order chi connectivity index (χ0) is 20.6. The summed E-state index contributed by atoms with van der Waals surface area (Å²) in [6.45, 7) is 0. The Kier molecular flexibility index (Phi) is 6.22. The monoisotopic (exact) mass is 390 g/mol. The van der Waals surface area contributed by atoms with Crippen LogP contribution in [-0.2, 0) is 14.3 Å². The lowest BCUT2D eigenvalue weighted by Gasteiger charge is -2.12. The van der Waals surface area contributed by atoms with Gasteiger partial charge in [-0.15, -0.1) is 0 Å². The minimum absolute atomic E-state index is 0.257. The van der Waals surface area contributed by atoms with E-state index in [2.05, 4.69) is 15.4 Å². The Morgan fingerprint density at radius 3 is 2.21 bits per heavy atom. The first kappa shape index (κ1) is 19.6. The summed E-state index contributed by atoms with van der Waals surface area (Å²) in [5, 5.41) is 4.98. The van der Waals surface area contributed by atoms with Crippen molar-refractivity contribution in [1.82, 2.24) is 0 Å². The van der Waals surface area contributed by atoms with E-state index in [1.54, 1.807) is 54.6 Å². The van der Waals surface area contributed by atoms with Crippen molar-refractivity contribution in [3.63, 3.8) is 0 Å². The average molecular weight is 390 g/mol. The molecule has 3 aromatic rings. The molecule has 0 unspecified atom stereocenters. The van der Waals surface area contributed by atoms with Gasteiger partial charge in [-0.1, -0.05) is 36.4 Å². The number of anilines is 2. The highest BCUT2D eigenvalue weighted by Crippen LogP contribution is 2.29. The second kappa shape index (κ2) is 9.18. The van der Waals surface area contributed by atoms with Crippen molar-refractivity contribution in [2.75, 3.05) is 17.7 Å². The van der Waals surface area contributed by atoms with E-state index in [-0.39, 0.29) is 5.56 Å². The van der Waals surface area contributed by atoms with E-state index in [9.17, 15) is 14.4 Å². The average Bonchev–Trinajstić information content (AvgIpc) is 2.75. The van der Waals surface area contributed by atoms with Crippen LogP contribution in [0.15, 0.2) is 78.9 Å². The van der Waals surface area contributed by atoms with Crippen molar-refractivity contribution in [3.05, 3.63) is 84.4 Å². The van der Waals surface area contributed by atoms with Crippen LogP contribution < -0.4 is 15.4 Å². The van der Waals surface area contributed by atoms with Gasteiger partial charge in [0.15, 0.2) is 5.75 Å². The summed E-state index contributed by atoms with van der Waals surface area (Å²) in [4.78, 5) is 36.2. The number of nitrogens with one attached hydrogen (secondary N) is 2. The molecule has 29 heavy (non-hydrogen) atoms. The molecule has 0 radical (unpaired) electrons. The lowest BCUT2D eigenvalue weighted by molar-refractivity contribution is -0.133. The Morgan fingerprint density at radius 2 is 1.45 bits per heavy atom. The molecule has 0 bridgehead atoms. The number of carbonyl (C=O) groups excluding carboxylic acids is 3. The fraction of sp³-hybridized carbons (Fsp3) is 0.0455. The van der Waals surface area contributed by atoms with Crippen LogP contribution >= 0.6 is 0 Å². The molecule has 7 heteroatoms. The van der Waals surface area contributed by atoms with E-state index in [4.69, 9.17) is 4.74 Å². The third kappa shape index (κ3) is 5.20. The highest BCUT2D eigenvalue weighted by molar-refractivity contribution is 6.43. The Balaban J connectivity index is 1.69. The zero-order valence-corrected chi connectivity index (χ0v) is 15.5. The Bertz CT molecular complexity index is 1030. The van der Waals surface area contributed by atoms with Crippen molar-refractivity contribution >= 4 is 29.2 Å². The SMILES string of the molecule is COC(=O)c1cccc(NC(=O)C(=O)Nc2ccccc2Oc2ccccc2)c1. The third-order valence-corrected chi connectivity index (χ3v) is 3.85. The first-order valence-corrected chi connectivity index (χ1v) is 8.69. The predicted octanol–water partition coefficient (Wildman–Crippen LogP) is 3.84. The van der Waals surface area contributed by atoms with E-state index in [0.29, 0.717) is 22.9 Å². The zero-order valence-electron chi connectivity index (χ0n) is 15.5. The highest BCUT2D eigenvalue weighted by Gasteiger charge is 2.17. The second-order valence-electron chi connectivity index (χ2n) is 5.89. The van der Waals surface area contributed by atoms with E-state index < -0.39 is 17.8 Å². The summed E-state index contributed by atoms with van der Waals surface area (Å²) in [5.41, 5.74) is 0.897. The predicted molar refractivity (Wildman–Crippen MR) is 108 cm³/mol. The largest absolute Gasteiger partial charge is 0.465 e. The minimum atomic E-state index is -0.887. The fourth-order valence-electron chi connectivity index (χ4n) is 2.48. The molecule has 0 saturated carbocycles. The lowest BCUT2D eigenvalue weighted by atomic mass is 10.2. The van der Waals surface area contributed by atoms with Crippen molar-refractivity contribution in [2.45, 2.75) is 0 Å². The molecule has 0 atom stereocenters. The molecular weight excluding hydrogens is 372 g/mol. The first-order valence-electron chi connectivity index (χ1n) is 8.69. The van der Waals surface area contributed by atoms with Gasteiger partial charge in [0.2, 0.25) is 0 Å². The van der Waals surface area contributed by atoms with E-state index in [1.807, 2.05) is 18.2 Å². The second-order valence-corrected chi connectivity index (χ2v) is 5.89. The van der Waals surface area contributed by atoms with Gasteiger partial charge in [0.05, 0.1) is 18.4 Å². The molecule has 0 aromatic heterocycles. The molecule has 0 aliphatic heterocycles. The molecule has 2 N–H and O–H groups in total. The van der Waals surface area contributed by atoms with Gasteiger partial charge in [-0.05, 0) is 42.5 Å². The quantitative estimate of drug-likeness (QED) is 0.510. The molecule has 7 nitrogen and oxygen atoms in total. The number of hydrogen-bond donors (Lipinski definition) is 2. The highest BCUT2D eigenvalue weighted by atomic mass is 16.5. The molecule has 2 amide bonds. The van der Waals surface area contributed by atoms with E-state index >= 15 is 0 Å². The Morgan fingerprint density at radius 1 is 0.759 bits per heavy atom. The number of benzene rings is 3. The van der Waals surface area contributed by atoms with Crippen LogP contribution in [0.2, 0.25) is 0 Å². The van der Waals surface area contributed by atoms with Crippen LogP contribution in [0.4, 0.5) is 11.4 Å². The van der Waals surface area contributed by atoms with Crippen LogP contribution in [0.25, 0.3) is 0 Å². The number of hydrogen-bond acceptors (Lipinski definition) is 5. The number of amides is 2. The van der Waals surface area contributed by atoms with Gasteiger partial charge < -0.3 is 20.1 Å². The first-order chi connectivity index (χ1) is 14.1. The molecular formula is C22H18N2O5. The number of para-hydroxylation sites is 3. The molecule has 0 aliphatic rings. The van der Waals surface area contributed by atoms with Crippen molar-refractivity contribution < 1.29 is 23.9 Å². The van der Waals surface area contributed by atoms with E-state index in [0.717, 1.165) is 0 Å². The van der Waals surface area contributed by atoms with Gasteiger partial charge in [0.1, 0.15) is 5.75 Å². The van der Waals surface area contributed by atoms with Crippen LogP contribution in [0.1, 0.15) is 10.4 Å². The Labute approximate surface area is 167 Å². The van der Waals surface area contributed by atoms with Gasteiger partial charge in [-0.3, -0.25) is 9.59 Å². The van der Waals surface area contributed by atoms with Crippen molar-refractivity contribution in [1.29, 1.82) is 0 Å². The standard InChI is InChI=1S/C22H18N2O5/c1-28-22(27)15-8-7-9-16(14-15)23-20(25)21(26)24-18-12-5-6-13-19(18)29-17-10-3-2-4-11-17/h2-14H,1H3,(H,23,25)(H,24,26). The fourth-order valence-corrected chi connectivity index (χ4v) is 2.48. The summed E-state index contributed by atoms with van der Waals surface area (Å²) in [5.74, 6) is -1.32. The summed E-state index contributed by atoms with van der Waals surface area (Å²) >= 11 is 0. The number of rotatable bonds is 5. The van der Waals surface area contributed by atoms with Gasteiger partial charge in [-0.2, -0.15) is 0 Å². The smallest absolute Gasteiger partial charge is 0.337 e. The van der Waals surface area contributed by atoms with E-state index in [1.165, 1.54) is 13.2 Å². The maximum Gasteiger partial charge on any atom is 0.337 e. The van der Waals surface area contributed by atoms with Gasteiger partial charge in [0.25, 0.3) is 0 Å². The molecule has 0 saturated heterocycles. The topological polar surface area (TPSA) is 93.7 Å². The van der Waals surface area contributed by atoms with Crippen LogP contribution in [0, 0.1) is 0 Å². The third-order valence-electron chi connectivity index (χ3n) is 3.85. The van der Waals surface area contributed by atoms with Crippen LogP contribution in [0.5, 0.6) is 11.5 Å². The summed E-state index contributed by atoms with van der Waals surface area (Å²) < 4.78 is 10.4. The van der Waals surface area contributed by atoms with Crippen LogP contribution in [0.3, 0.4) is 0 Å². The Hall–Kier alpha value is -4.13. The molecule has 0 fully saturated rings. The molecule has 146 valence electrons. The number of ether oxygens (including phenoxy) is 2. The molecule has 3 aromatic carbocycles. The summed E-state index contributed by atoms with van der Waals surface area (Å²) in [6, 6.07) is 21.9. The van der Waals surface area contributed by atoms with Crippen LogP contribution in [-0.4, -0.2) is 24.9 Å². The minimum Gasteiger partial charge on any atom is -0.465 e. The maximum atomic E-state index is 12.3. The van der Waals surface area contributed by atoms with Gasteiger partial charge in [0, 0.05) is 5.69 Å². The number of esters is 1. The molecule has 0 heterocycles. The maximum absolute atomic E-state index is 12.3. The number of carbonyl (C=O) groups is 3. The lowest BCUT2D eigenvalue weighted by Crippen LogP contribution is -2.29. The normalized spacial score (nSPS) is 9.97. The summed E-state index contributed by atoms with van der Waals surface area (Å²) in [7, 11) is 1.26. The number of methoxy groups -OCH3 is 1. The van der Waals surface area contributed by atoms with Crippen molar-refractivity contribution in [2.24, 2.45) is 0 Å². The molecule has 0 aliphatic carbocycles. The van der Waals surface area contributed by atoms with Gasteiger partial charge in [-0.25, -0.2) is 4.79 Å². The van der Waals surface area contributed by atoms with Crippen molar-refractivity contribution in [3.8, 4) is 11.5 Å². The van der Waals surface area contributed by atoms with Gasteiger partial charge >= 0.3 is 17.8 Å².